The van der Waals surface area contributed by atoms with Crippen LogP contribution in [0.15, 0.2) is 48.5 Å². The van der Waals surface area contributed by atoms with Gasteiger partial charge in [0.15, 0.2) is 12.2 Å². The molecule has 0 saturated carbocycles. The summed E-state index contributed by atoms with van der Waals surface area (Å²) in [6.07, 6.45) is -2.86. The molecule has 2 N–H and O–H groups in total. The highest BCUT2D eigenvalue weighted by atomic mass is 16.5. The molecule has 0 saturated heterocycles. The van der Waals surface area contributed by atoms with Crippen LogP contribution in [0.1, 0.15) is 77.3 Å². The smallest absolute Gasteiger partial charge is 0.344 e. The minimum Gasteiger partial charge on any atom is -0.479 e. The second kappa shape index (κ2) is 14.9. The van der Waals surface area contributed by atoms with E-state index in [4.69, 9.17) is 29.2 Å². The fraction of sp³-hybridized carbons (Fsp3) is 0.467. The molecule has 0 aliphatic heterocycles. The van der Waals surface area contributed by atoms with Crippen LogP contribution in [0.4, 0.5) is 0 Å². The van der Waals surface area contributed by atoms with Crippen LogP contribution >= 0.6 is 0 Å². The first-order valence-electron chi connectivity index (χ1n) is 13.1. The molecule has 2 aromatic rings. The lowest BCUT2D eigenvalue weighted by Gasteiger charge is -2.28. The molecular weight excluding hydrogens is 520 g/mol. The Morgan fingerprint density at radius 1 is 0.575 bits per heavy atom. The molecule has 0 spiro atoms. The van der Waals surface area contributed by atoms with Gasteiger partial charge in [-0.3, -0.25) is 9.59 Å². The molecule has 10 heteroatoms. The quantitative estimate of drug-likeness (QED) is 0.288. The predicted octanol–water partition coefficient (Wildman–Crippen LogP) is 4.94. The van der Waals surface area contributed by atoms with Gasteiger partial charge in [0.1, 0.15) is 11.5 Å². The van der Waals surface area contributed by atoms with E-state index in [1.165, 1.54) is 13.8 Å². The lowest BCUT2D eigenvalue weighted by Crippen LogP contribution is -2.24. The standard InChI is InChI=1S/C30H38O10/c1-17(2)37-27(31)15-25(21-7-11-23(12-8-21)39-19(5)29(33)34)26(16-28(32)38-18(3)4)22-9-13-24(14-10-22)40-20(6)30(35)36/h7-14,17-20,25-26H,15-16H2,1-6H3,(H,33,34)(H,35,36)/t19-,20-,25?,26?/m1/s1. The van der Waals surface area contributed by atoms with Gasteiger partial charge in [0, 0.05) is 11.8 Å². The molecule has 2 unspecified atom stereocenters. The van der Waals surface area contributed by atoms with Gasteiger partial charge in [0.05, 0.1) is 25.0 Å². The lowest BCUT2D eigenvalue weighted by molar-refractivity contribution is -0.150. The number of carboxylic acids is 2. The molecule has 40 heavy (non-hydrogen) atoms. The molecule has 218 valence electrons. The minimum atomic E-state index is -1.10. The third-order valence-electron chi connectivity index (χ3n) is 5.93. The van der Waals surface area contributed by atoms with Gasteiger partial charge in [0.2, 0.25) is 0 Å². The van der Waals surface area contributed by atoms with Crippen LogP contribution in [-0.4, -0.2) is 58.5 Å². The van der Waals surface area contributed by atoms with Crippen LogP contribution in [0.2, 0.25) is 0 Å². The van der Waals surface area contributed by atoms with Crippen molar-refractivity contribution in [3.8, 4) is 11.5 Å². The SMILES string of the molecule is CC(C)OC(=O)CC(c1ccc(O[C@H](C)C(=O)O)cc1)C(CC(=O)OC(C)C)c1ccc(O[C@H](C)C(=O)O)cc1. The Balaban J connectivity index is 2.50. The van der Waals surface area contributed by atoms with Crippen molar-refractivity contribution in [2.45, 2.75) is 90.6 Å². The average Bonchev–Trinajstić information content (AvgIpc) is 2.86. The Bertz CT molecular complexity index is 1050. The molecule has 10 nitrogen and oxygen atoms in total. The van der Waals surface area contributed by atoms with E-state index in [1.807, 2.05) is 0 Å². The summed E-state index contributed by atoms with van der Waals surface area (Å²) in [5.74, 6) is -3.48. The van der Waals surface area contributed by atoms with E-state index < -0.39 is 47.9 Å². The Hall–Kier alpha value is -4.08. The van der Waals surface area contributed by atoms with Crippen molar-refractivity contribution in [2.24, 2.45) is 0 Å². The Labute approximate surface area is 234 Å². The minimum absolute atomic E-state index is 0.0438. The molecular formula is C30H38O10. The van der Waals surface area contributed by atoms with E-state index in [9.17, 15) is 19.2 Å². The number of hydrogen-bond donors (Lipinski definition) is 2. The van der Waals surface area contributed by atoms with Crippen molar-refractivity contribution in [2.75, 3.05) is 0 Å². The Morgan fingerprint density at radius 2 is 0.875 bits per heavy atom. The van der Waals surface area contributed by atoms with Crippen molar-refractivity contribution >= 4 is 23.9 Å². The van der Waals surface area contributed by atoms with Crippen molar-refractivity contribution < 1.29 is 48.3 Å². The lowest BCUT2D eigenvalue weighted by atomic mass is 9.77. The van der Waals surface area contributed by atoms with E-state index in [1.54, 1.807) is 76.2 Å². The van der Waals surface area contributed by atoms with Gasteiger partial charge in [-0.15, -0.1) is 0 Å². The molecule has 0 fully saturated rings. The summed E-state index contributed by atoms with van der Waals surface area (Å²) in [4.78, 5) is 48.1. The monoisotopic (exact) mass is 558 g/mol. The molecule has 0 bridgehead atoms. The first-order chi connectivity index (χ1) is 18.8. The van der Waals surface area contributed by atoms with Gasteiger partial charge >= 0.3 is 23.9 Å². The molecule has 0 heterocycles. The second-order valence-electron chi connectivity index (χ2n) is 10.0. The second-order valence-corrected chi connectivity index (χ2v) is 10.0. The molecule has 0 radical (unpaired) electrons. The Morgan fingerprint density at radius 3 is 1.12 bits per heavy atom. The van der Waals surface area contributed by atoms with Crippen molar-refractivity contribution in [1.82, 2.24) is 0 Å². The number of rotatable bonds is 15. The summed E-state index contributed by atoms with van der Waals surface area (Å²) < 4.78 is 21.7. The number of aliphatic carboxylic acids is 2. The van der Waals surface area contributed by atoms with Crippen LogP contribution in [0.5, 0.6) is 11.5 Å². The highest BCUT2D eigenvalue weighted by Gasteiger charge is 2.31. The predicted molar refractivity (Wildman–Crippen MR) is 146 cm³/mol. The summed E-state index contributed by atoms with van der Waals surface area (Å²) in [6.45, 7) is 9.83. The number of ether oxygens (including phenoxy) is 4. The number of carbonyl (C=O) groups excluding carboxylic acids is 2. The van der Waals surface area contributed by atoms with E-state index in [2.05, 4.69) is 0 Å². The molecule has 0 aliphatic rings. The highest BCUT2D eigenvalue weighted by Crippen LogP contribution is 2.40. The number of carbonyl (C=O) groups is 4. The van der Waals surface area contributed by atoms with Crippen LogP contribution < -0.4 is 9.47 Å². The number of esters is 2. The molecule has 0 aromatic heterocycles. The maximum Gasteiger partial charge on any atom is 0.344 e. The maximum atomic E-state index is 12.9. The topological polar surface area (TPSA) is 146 Å². The van der Waals surface area contributed by atoms with Crippen molar-refractivity contribution in [1.29, 1.82) is 0 Å². The van der Waals surface area contributed by atoms with E-state index >= 15 is 0 Å². The normalized spacial score (nSPS) is 14.1. The van der Waals surface area contributed by atoms with Crippen molar-refractivity contribution in [3.05, 3.63) is 59.7 Å². The molecule has 0 amide bonds. The van der Waals surface area contributed by atoms with Gasteiger partial charge < -0.3 is 29.2 Å². The largest absolute Gasteiger partial charge is 0.479 e. The fourth-order valence-electron chi connectivity index (χ4n) is 4.06. The summed E-state index contributed by atoms with van der Waals surface area (Å²) >= 11 is 0. The van der Waals surface area contributed by atoms with Crippen LogP contribution in [0.3, 0.4) is 0 Å². The average molecular weight is 559 g/mol. The first kappa shape index (κ1) is 32.1. The number of benzene rings is 2. The molecule has 0 aliphatic carbocycles. The fourth-order valence-corrected chi connectivity index (χ4v) is 4.06. The van der Waals surface area contributed by atoms with Gasteiger partial charge in [-0.2, -0.15) is 0 Å². The van der Waals surface area contributed by atoms with E-state index in [0.29, 0.717) is 22.6 Å². The summed E-state index contributed by atoms with van der Waals surface area (Å²) in [6, 6.07) is 13.4. The number of hydrogen-bond acceptors (Lipinski definition) is 8. The third-order valence-corrected chi connectivity index (χ3v) is 5.93. The van der Waals surface area contributed by atoms with Crippen LogP contribution in [-0.2, 0) is 28.7 Å². The van der Waals surface area contributed by atoms with E-state index in [-0.39, 0.29) is 25.0 Å². The molecule has 2 aromatic carbocycles. The number of carboxylic acid groups (broad SMARTS) is 2. The summed E-state index contributed by atoms with van der Waals surface area (Å²) in [7, 11) is 0. The Kier molecular flexibility index (Phi) is 12.0. The zero-order chi connectivity index (χ0) is 30.0. The zero-order valence-electron chi connectivity index (χ0n) is 23.7. The third kappa shape index (κ3) is 10.2. The maximum absolute atomic E-state index is 12.9. The van der Waals surface area contributed by atoms with Gasteiger partial charge in [0.25, 0.3) is 0 Å². The highest BCUT2D eigenvalue weighted by molar-refractivity contribution is 5.74. The van der Waals surface area contributed by atoms with Crippen molar-refractivity contribution in [3.63, 3.8) is 0 Å². The summed E-state index contributed by atoms with van der Waals surface area (Å²) in [5.41, 5.74) is 1.41. The molecule has 4 atom stereocenters. The first-order valence-corrected chi connectivity index (χ1v) is 13.1. The van der Waals surface area contributed by atoms with Crippen LogP contribution in [0.25, 0.3) is 0 Å². The zero-order valence-corrected chi connectivity index (χ0v) is 23.7. The van der Waals surface area contributed by atoms with E-state index in [0.717, 1.165) is 0 Å². The van der Waals surface area contributed by atoms with Gasteiger partial charge in [-0.25, -0.2) is 9.59 Å². The van der Waals surface area contributed by atoms with Crippen LogP contribution in [0, 0.1) is 0 Å². The summed E-state index contributed by atoms with van der Waals surface area (Å²) in [5, 5.41) is 18.3. The molecule has 2 rings (SSSR count). The van der Waals surface area contributed by atoms with Gasteiger partial charge in [-0.1, -0.05) is 24.3 Å². The van der Waals surface area contributed by atoms with Gasteiger partial charge in [-0.05, 0) is 76.9 Å².